The maximum Gasteiger partial charge on any atom is 0.254 e. The summed E-state index contributed by atoms with van der Waals surface area (Å²) in [6.45, 7) is 1.81. The highest BCUT2D eigenvalue weighted by Crippen LogP contribution is 2.20. The Kier molecular flexibility index (Phi) is 2.67. The van der Waals surface area contributed by atoms with E-state index in [-0.39, 0.29) is 5.56 Å². The number of nitrogens with zero attached hydrogens (tertiary/aromatic N) is 4. The molecule has 0 unspecified atom stereocenters. The Morgan fingerprint density at radius 1 is 1.30 bits per heavy atom. The summed E-state index contributed by atoms with van der Waals surface area (Å²) in [6, 6.07) is 3.06. The number of hydrogen-bond acceptors (Lipinski definition) is 4. The molecule has 0 aliphatic carbocycles. The van der Waals surface area contributed by atoms with Crippen molar-refractivity contribution in [2.45, 2.75) is 6.92 Å². The second-order valence-corrected chi connectivity index (χ2v) is 4.33. The standard InChI is InChI=1S/C13H10FN5O/c1-7-2-11(8-3-9(14)5-16-4-8)18-13-10(12(15)20)6-17-19(7)13/h2-6H,1H3,(H2,15,20). The van der Waals surface area contributed by atoms with Gasteiger partial charge in [-0.1, -0.05) is 0 Å². The number of rotatable bonds is 2. The largest absolute Gasteiger partial charge is 0.365 e. The second-order valence-electron chi connectivity index (χ2n) is 4.33. The number of aryl methyl sites for hydroxylation is 1. The maximum absolute atomic E-state index is 13.2. The second kappa shape index (κ2) is 4.37. The number of aromatic nitrogens is 4. The first kappa shape index (κ1) is 12.2. The molecule has 0 bridgehead atoms. The lowest BCUT2D eigenvalue weighted by atomic mass is 10.2. The van der Waals surface area contributed by atoms with E-state index in [0.29, 0.717) is 16.9 Å². The lowest BCUT2D eigenvalue weighted by molar-refractivity contribution is 0.100. The van der Waals surface area contributed by atoms with Crippen LogP contribution in [0.4, 0.5) is 4.39 Å². The van der Waals surface area contributed by atoms with E-state index in [0.717, 1.165) is 11.9 Å². The number of halogens is 1. The Bertz CT molecular complexity index is 827. The van der Waals surface area contributed by atoms with E-state index >= 15 is 0 Å². The van der Waals surface area contributed by atoms with Gasteiger partial charge in [-0.2, -0.15) is 5.10 Å². The van der Waals surface area contributed by atoms with Gasteiger partial charge in [0.1, 0.15) is 11.4 Å². The van der Waals surface area contributed by atoms with Crippen LogP contribution in [-0.2, 0) is 0 Å². The maximum atomic E-state index is 13.2. The predicted molar refractivity (Wildman–Crippen MR) is 69.4 cm³/mol. The van der Waals surface area contributed by atoms with Gasteiger partial charge in [-0.15, -0.1) is 0 Å². The summed E-state index contributed by atoms with van der Waals surface area (Å²) >= 11 is 0. The fourth-order valence-corrected chi connectivity index (χ4v) is 1.99. The molecule has 0 fully saturated rings. The van der Waals surface area contributed by atoms with E-state index < -0.39 is 11.7 Å². The van der Waals surface area contributed by atoms with Crippen molar-refractivity contribution in [3.8, 4) is 11.3 Å². The predicted octanol–water partition coefficient (Wildman–Crippen LogP) is 1.34. The summed E-state index contributed by atoms with van der Waals surface area (Å²) in [6.07, 6.45) is 3.98. The molecule has 0 aliphatic rings. The van der Waals surface area contributed by atoms with Crippen molar-refractivity contribution in [3.05, 3.63) is 47.8 Å². The molecule has 1 amide bonds. The van der Waals surface area contributed by atoms with Crippen LogP contribution in [0.1, 0.15) is 16.1 Å². The van der Waals surface area contributed by atoms with E-state index in [1.165, 1.54) is 23.0 Å². The molecule has 0 atom stereocenters. The SMILES string of the molecule is Cc1cc(-c2cncc(F)c2)nc2c(C(N)=O)cnn12. The lowest BCUT2D eigenvalue weighted by Gasteiger charge is -2.05. The minimum absolute atomic E-state index is 0.222. The number of nitrogens with two attached hydrogens (primary N) is 1. The van der Waals surface area contributed by atoms with Crippen molar-refractivity contribution in [2.75, 3.05) is 0 Å². The van der Waals surface area contributed by atoms with Gasteiger partial charge in [-0.3, -0.25) is 9.78 Å². The smallest absolute Gasteiger partial charge is 0.254 e. The molecule has 0 saturated heterocycles. The minimum Gasteiger partial charge on any atom is -0.365 e. The molecular formula is C13H10FN5O. The van der Waals surface area contributed by atoms with Gasteiger partial charge in [-0.25, -0.2) is 13.9 Å². The number of primary amides is 1. The first-order chi connectivity index (χ1) is 9.56. The van der Waals surface area contributed by atoms with Crippen LogP contribution in [0.25, 0.3) is 16.9 Å². The van der Waals surface area contributed by atoms with E-state index in [2.05, 4.69) is 15.1 Å². The van der Waals surface area contributed by atoms with Gasteiger partial charge >= 0.3 is 0 Å². The molecule has 3 aromatic rings. The number of hydrogen-bond donors (Lipinski definition) is 1. The number of carbonyl (C=O) groups excluding carboxylic acids is 1. The molecule has 100 valence electrons. The highest BCUT2D eigenvalue weighted by Gasteiger charge is 2.14. The van der Waals surface area contributed by atoms with Gasteiger partial charge < -0.3 is 5.73 Å². The zero-order valence-corrected chi connectivity index (χ0v) is 10.5. The van der Waals surface area contributed by atoms with Gasteiger partial charge in [0.05, 0.1) is 18.1 Å². The van der Waals surface area contributed by atoms with Crippen LogP contribution in [0.15, 0.2) is 30.7 Å². The van der Waals surface area contributed by atoms with Crippen molar-refractivity contribution >= 4 is 11.6 Å². The molecule has 0 aliphatic heterocycles. The topological polar surface area (TPSA) is 86.2 Å². The zero-order chi connectivity index (χ0) is 14.3. The van der Waals surface area contributed by atoms with Crippen LogP contribution < -0.4 is 5.73 Å². The normalized spacial score (nSPS) is 10.9. The molecule has 0 spiro atoms. The Hall–Kier alpha value is -2.83. The Balaban J connectivity index is 2.27. The number of amides is 1. The van der Waals surface area contributed by atoms with Crippen LogP contribution in [0.5, 0.6) is 0 Å². The quantitative estimate of drug-likeness (QED) is 0.762. The summed E-state index contributed by atoms with van der Waals surface area (Å²) in [7, 11) is 0. The molecule has 3 aromatic heterocycles. The molecule has 20 heavy (non-hydrogen) atoms. The van der Waals surface area contributed by atoms with Crippen LogP contribution >= 0.6 is 0 Å². The highest BCUT2D eigenvalue weighted by atomic mass is 19.1. The number of carbonyl (C=O) groups is 1. The van der Waals surface area contributed by atoms with Crippen LogP contribution in [0.3, 0.4) is 0 Å². The average Bonchev–Trinajstić information content (AvgIpc) is 2.83. The van der Waals surface area contributed by atoms with Gasteiger partial charge in [0.15, 0.2) is 5.65 Å². The number of pyridine rings is 1. The van der Waals surface area contributed by atoms with Crippen LogP contribution in [0.2, 0.25) is 0 Å². The van der Waals surface area contributed by atoms with Crippen molar-refractivity contribution in [3.63, 3.8) is 0 Å². The number of fused-ring (bicyclic) bond motifs is 1. The summed E-state index contributed by atoms with van der Waals surface area (Å²) in [5.74, 6) is -1.06. The monoisotopic (exact) mass is 271 g/mol. The summed E-state index contributed by atoms with van der Waals surface area (Å²) in [5.41, 5.74) is 7.63. The fraction of sp³-hybridized carbons (Fsp3) is 0.0769. The van der Waals surface area contributed by atoms with Crippen LogP contribution in [0, 0.1) is 12.7 Å². The molecule has 3 heterocycles. The summed E-state index contributed by atoms with van der Waals surface area (Å²) in [5, 5.41) is 4.06. The van der Waals surface area contributed by atoms with Gasteiger partial charge in [0, 0.05) is 17.5 Å². The Morgan fingerprint density at radius 2 is 2.10 bits per heavy atom. The van der Waals surface area contributed by atoms with E-state index in [9.17, 15) is 9.18 Å². The fourth-order valence-electron chi connectivity index (χ4n) is 1.99. The summed E-state index contributed by atoms with van der Waals surface area (Å²) < 4.78 is 14.7. The van der Waals surface area contributed by atoms with Crippen LogP contribution in [-0.4, -0.2) is 25.5 Å². The highest BCUT2D eigenvalue weighted by molar-refractivity contribution is 5.98. The van der Waals surface area contributed by atoms with E-state index in [1.807, 2.05) is 6.92 Å². The van der Waals surface area contributed by atoms with E-state index in [4.69, 9.17) is 5.73 Å². The van der Waals surface area contributed by atoms with Crippen molar-refractivity contribution in [1.29, 1.82) is 0 Å². The van der Waals surface area contributed by atoms with E-state index in [1.54, 1.807) is 6.07 Å². The third-order valence-corrected chi connectivity index (χ3v) is 2.92. The first-order valence-corrected chi connectivity index (χ1v) is 5.82. The molecular weight excluding hydrogens is 261 g/mol. The third-order valence-electron chi connectivity index (χ3n) is 2.92. The minimum atomic E-state index is -0.610. The molecule has 0 radical (unpaired) electrons. The molecule has 2 N–H and O–H groups in total. The van der Waals surface area contributed by atoms with Crippen molar-refractivity contribution in [1.82, 2.24) is 19.6 Å². The molecule has 7 heteroatoms. The zero-order valence-electron chi connectivity index (χ0n) is 10.5. The molecule has 3 rings (SSSR count). The molecule has 0 saturated carbocycles. The summed E-state index contributed by atoms with van der Waals surface area (Å²) in [4.78, 5) is 19.5. The Morgan fingerprint density at radius 3 is 2.80 bits per heavy atom. The Labute approximate surface area is 113 Å². The van der Waals surface area contributed by atoms with Crippen molar-refractivity contribution in [2.24, 2.45) is 5.73 Å². The first-order valence-electron chi connectivity index (χ1n) is 5.82. The van der Waals surface area contributed by atoms with Crippen molar-refractivity contribution < 1.29 is 9.18 Å². The average molecular weight is 271 g/mol. The van der Waals surface area contributed by atoms with Gasteiger partial charge in [-0.05, 0) is 19.1 Å². The van der Waals surface area contributed by atoms with Gasteiger partial charge in [0.2, 0.25) is 0 Å². The molecule has 6 nitrogen and oxygen atoms in total. The van der Waals surface area contributed by atoms with Gasteiger partial charge in [0.25, 0.3) is 5.91 Å². The third kappa shape index (κ3) is 1.89. The lowest BCUT2D eigenvalue weighted by Crippen LogP contribution is -2.11. The molecule has 0 aromatic carbocycles.